The Hall–Kier alpha value is -0.570. The van der Waals surface area contributed by atoms with Gasteiger partial charge in [0, 0.05) is 6.54 Å². The molecule has 3 nitrogen and oxygen atoms in total. The number of nitrogens with one attached hydrogen (secondary N) is 1. The molecule has 2 unspecified atom stereocenters. The maximum atomic E-state index is 12.5. The Kier molecular flexibility index (Phi) is 3.48. The molecule has 3 heteroatoms. The number of hydrogen-bond donors (Lipinski definition) is 1. The van der Waals surface area contributed by atoms with Gasteiger partial charge in [-0.25, -0.2) is 0 Å². The number of amides is 1. The summed E-state index contributed by atoms with van der Waals surface area (Å²) in [6, 6.07) is 0. The summed E-state index contributed by atoms with van der Waals surface area (Å²) in [4.78, 5) is 14.6. The van der Waals surface area contributed by atoms with Crippen LogP contribution in [-0.2, 0) is 4.79 Å². The van der Waals surface area contributed by atoms with Gasteiger partial charge in [-0.3, -0.25) is 10.1 Å². The van der Waals surface area contributed by atoms with Gasteiger partial charge in [0.15, 0.2) is 0 Å². The van der Waals surface area contributed by atoms with Crippen LogP contribution in [0.3, 0.4) is 0 Å². The summed E-state index contributed by atoms with van der Waals surface area (Å²) in [6.45, 7) is 9.57. The van der Waals surface area contributed by atoms with E-state index in [1.807, 2.05) is 0 Å². The van der Waals surface area contributed by atoms with Crippen molar-refractivity contribution < 1.29 is 4.79 Å². The topological polar surface area (TPSA) is 32.3 Å². The predicted octanol–water partition coefficient (Wildman–Crippen LogP) is 2.37. The van der Waals surface area contributed by atoms with Crippen LogP contribution < -0.4 is 5.32 Å². The van der Waals surface area contributed by atoms with Gasteiger partial charge in [-0.1, -0.05) is 20.8 Å². The maximum Gasteiger partial charge on any atom is 0.243 e. The van der Waals surface area contributed by atoms with Crippen molar-refractivity contribution in [1.82, 2.24) is 10.2 Å². The smallest absolute Gasteiger partial charge is 0.243 e. The fourth-order valence-corrected chi connectivity index (χ4v) is 2.64. The van der Waals surface area contributed by atoms with Crippen LogP contribution in [0.4, 0.5) is 0 Å². The van der Waals surface area contributed by atoms with Crippen LogP contribution in [0.15, 0.2) is 0 Å². The van der Waals surface area contributed by atoms with Gasteiger partial charge in [-0.15, -0.1) is 0 Å². The molecular weight excluding hydrogens is 212 g/mol. The first-order valence-corrected chi connectivity index (χ1v) is 7.05. The summed E-state index contributed by atoms with van der Waals surface area (Å²) >= 11 is 0. The molecule has 2 fully saturated rings. The van der Waals surface area contributed by atoms with Gasteiger partial charge in [-0.2, -0.15) is 0 Å². The third kappa shape index (κ3) is 2.65. The van der Waals surface area contributed by atoms with E-state index >= 15 is 0 Å². The molecule has 1 saturated carbocycles. The molecule has 2 rings (SSSR count). The third-order valence-electron chi connectivity index (χ3n) is 4.15. The first-order chi connectivity index (χ1) is 7.96. The lowest BCUT2D eigenvalue weighted by atomic mass is 9.99. The summed E-state index contributed by atoms with van der Waals surface area (Å²) in [5, 5.41) is 3.56. The second kappa shape index (κ2) is 4.60. The van der Waals surface area contributed by atoms with Crippen LogP contribution in [0, 0.1) is 11.8 Å². The monoisotopic (exact) mass is 238 g/mol. The van der Waals surface area contributed by atoms with Crippen LogP contribution in [0.25, 0.3) is 0 Å². The van der Waals surface area contributed by atoms with Gasteiger partial charge >= 0.3 is 0 Å². The van der Waals surface area contributed by atoms with Crippen molar-refractivity contribution in [3.8, 4) is 0 Å². The van der Waals surface area contributed by atoms with E-state index in [4.69, 9.17) is 0 Å². The highest BCUT2D eigenvalue weighted by Gasteiger charge is 2.47. The van der Waals surface area contributed by atoms with Gasteiger partial charge in [0.05, 0.1) is 11.7 Å². The van der Waals surface area contributed by atoms with Gasteiger partial charge < -0.3 is 4.90 Å². The van der Waals surface area contributed by atoms with Crippen molar-refractivity contribution in [1.29, 1.82) is 0 Å². The van der Waals surface area contributed by atoms with Crippen LogP contribution in [-0.4, -0.2) is 29.1 Å². The zero-order valence-corrected chi connectivity index (χ0v) is 11.6. The molecule has 2 aliphatic rings. The molecule has 1 aliphatic heterocycles. The second-order valence-electron chi connectivity index (χ2n) is 6.38. The number of nitrogens with zero attached hydrogens (tertiary/aromatic N) is 1. The lowest BCUT2D eigenvalue weighted by Crippen LogP contribution is -2.44. The Morgan fingerprint density at radius 2 is 2.12 bits per heavy atom. The molecule has 0 bridgehead atoms. The Bertz CT molecular complexity index is 299. The van der Waals surface area contributed by atoms with Gasteiger partial charge in [0.25, 0.3) is 0 Å². The molecule has 2 atom stereocenters. The summed E-state index contributed by atoms with van der Waals surface area (Å²) in [6.07, 6.45) is 4.81. The molecule has 1 saturated heterocycles. The van der Waals surface area contributed by atoms with E-state index in [-0.39, 0.29) is 11.7 Å². The van der Waals surface area contributed by atoms with Crippen molar-refractivity contribution in [2.24, 2.45) is 11.8 Å². The van der Waals surface area contributed by atoms with Crippen LogP contribution in [0.2, 0.25) is 0 Å². The highest BCUT2D eigenvalue weighted by molar-refractivity contribution is 5.88. The normalized spacial score (nSPS) is 33.8. The highest BCUT2D eigenvalue weighted by atomic mass is 16.2. The Labute approximate surface area is 105 Å². The second-order valence-corrected chi connectivity index (χ2v) is 6.38. The third-order valence-corrected chi connectivity index (χ3v) is 4.15. The lowest BCUT2D eigenvalue weighted by Gasteiger charge is -2.25. The molecule has 0 aromatic heterocycles. The summed E-state index contributed by atoms with van der Waals surface area (Å²) in [5.41, 5.74) is -0.325. The molecule has 17 heavy (non-hydrogen) atoms. The van der Waals surface area contributed by atoms with Crippen molar-refractivity contribution in [3.63, 3.8) is 0 Å². The first kappa shape index (κ1) is 12.9. The Balaban J connectivity index is 2.08. The molecule has 98 valence electrons. The predicted molar refractivity (Wildman–Crippen MR) is 69.5 cm³/mol. The quantitative estimate of drug-likeness (QED) is 0.797. The highest BCUT2D eigenvalue weighted by Crippen LogP contribution is 2.34. The fraction of sp³-hybridized carbons (Fsp3) is 0.929. The Morgan fingerprint density at radius 1 is 1.47 bits per heavy atom. The zero-order valence-electron chi connectivity index (χ0n) is 11.6. The Morgan fingerprint density at radius 3 is 2.59 bits per heavy atom. The minimum atomic E-state index is -0.325. The van der Waals surface area contributed by atoms with E-state index in [0.29, 0.717) is 11.8 Å². The zero-order chi connectivity index (χ0) is 12.6. The SMILES string of the molecule is CCC1(C)NC(CC(C)C)N(CC2CC2)C1=O. The van der Waals surface area contributed by atoms with Crippen molar-refractivity contribution in [2.75, 3.05) is 6.54 Å². The minimum absolute atomic E-state index is 0.257. The molecule has 0 radical (unpaired) electrons. The molecule has 1 amide bonds. The van der Waals surface area contributed by atoms with Crippen LogP contribution >= 0.6 is 0 Å². The van der Waals surface area contributed by atoms with Crippen molar-refractivity contribution in [3.05, 3.63) is 0 Å². The van der Waals surface area contributed by atoms with Crippen molar-refractivity contribution >= 4 is 5.91 Å². The summed E-state index contributed by atoms with van der Waals surface area (Å²) in [5.74, 6) is 1.72. The van der Waals surface area contributed by atoms with Crippen LogP contribution in [0.5, 0.6) is 0 Å². The summed E-state index contributed by atoms with van der Waals surface area (Å²) in [7, 11) is 0. The number of rotatable bonds is 5. The minimum Gasteiger partial charge on any atom is -0.325 e. The number of carbonyl (C=O) groups is 1. The van der Waals surface area contributed by atoms with E-state index in [9.17, 15) is 4.79 Å². The lowest BCUT2D eigenvalue weighted by molar-refractivity contribution is -0.133. The first-order valence-electron chi connectivity index (χ1n) is 7.05. The maximum absolute atomic E-state index is 12.5. The molecule has 1 N–H and O–H groups in total. The van der Waals surface area contributed by atoms with Crippen molar-refractivity contribution in [2.45, 2.75) is 65.1 Å². The average Bonchev–Trinajstić information content (AvgIpc) is 3.03. The van der Waals surface area contributed by atoms with E-state index < -0.39 is 0 Å². The molecular formula is C14H26N2O. The van der Waals surface area contributed by atoms with Gasteiger partial charge in [0.1, 0.15) is 0 Å². The van der Waals surface area contributed by atoms with E-state index in [1.54, 1.807) is 0 Å². The van der Waals surface area contributed by atoms with Crippen LogP contribution in [0.1, 0.15) is 53.4 Å². The average molecular weight is 238 g/mol. The summed E-state index contributed by atoms with van der Waals surface area (Å²) < 4.78 is 0. The largest absolute Gasteiger partial charge is 0.325 e. The molecule has 0 spiro atoms. The molecule has 1 heterocycles. The van der Waals surface area contributed by atoms with E-state index in [1.165, 1.54) is 12.8 Å². The van der Waals surface area contributed by atoms with E-state index in [2.05, 4.69) is 37.9 Å². The molecule has 0 aromatic rings. The number of hydrogen-bond acceptors (Lipinski definition) is 2. The molecule has 1 aliphatic carbocycles. The number of carbonyl (C=O) groups excluding carboxylic acids is 1. The fourth-order valence-electron chi connectivity index (χ4n) is 2.64. The van der Waals surface area contributed by atoms with E-state index in [0.717, 1.165) is 25.3 Å². The standard InChI is InChI=1S/C14H26N2O/c1-5-14(4)13(17)16(9-11-6-7-11)12(15-14)8-10(2)3/h10-12,15H,5-9H2,1-4H3. The van der Waals surface area contributed by atoms with Gasteiger partial charge in [-0.05, 0) is 44.4 Å². The van der Waals surface area contributed by atoms with Gasteiger partial charge in [0.2, 0.25) is 5.91 Å². The molecule has 0 aromatic carbocycles.